The van der Waals surface area contributed by atoms with Crippen molar-refractivity contribution in [2.75, 3.05) is 13.1 Å². The first kappa shape index (κ1) is 46.8. The lowest BCUT2D eigenvalue weighted by Crippen LogP contribution is -2.58. The highest BCUT2D eigenvalue weighted by atomic mass is 19.2. The van der Waals surface area contributed by atoms with Gasteiger partial charge in [0.25, 0.3) is 11.8 Å². The number of carbonyl (C=O) groups excluding carboxylic acids is 7. The Morgan fingerprint density at radius 1 is 0.867 bits per heavy atom. The van der Waals surface area contributed by atoms with E-state index in [1.165, 1.54) is 6.92 Å². The largest absolute Gasteiger partial charge is 0.478 e. The number of halogens is 4. The van der Waals surface area contributed by atoms with Crippen molar-refractivity contribution >= 4 is 47.2 Å². The Kier molecular flexibility index (Phi) is 15.5. The minimum Gasteiger partial charge on any atom is -0.478 e. The zero-order valence-electron chi connectivity index (χ0n) is 33.4. The quantitative estimate of drug-likeness (QED) is 0.0624. The van der Waals surface area contributed by atoms with Crippen molar-refractivity contribution in [3.05, 3.63) is 70.3 Å². The number of nitrogens with two attached hydrogens (primary N) is 1. The van der Waals surface area contributed by atoms with E-state index in [4.69, 9.17) is 10.5 Å². The Bertz CT molecular complexity index is 2010. The zero-order chi connectivity index (χ0) is 44.6. The van der Waals surface area contributed by atoms with Crippen molar-refractivity contribution < 1.29 is 65.8 Å². The van der Waals surface area contributed by atoms with Gasteiger partial charge in [-0.1, -0.05) is 56.5 Å². The Hall–Kier alpha value is -5.92. The van der Waals surface area contributed by atoms with E-state index in [9.17, 15) is 56.6 Å². The van der Waals surface area contributed by atoms with Crippen molar-refractivity contribution in [3.63, 3.8) is 0 Å². The molecule has 16 nitrogen and oxygen atoms in total. The monoisotopic (exact) mass is 848 g/mol. The van der Waals surface area contributed by atoms with Crippen LogP contribution in [0, 0.1) is 29.2 Å². The van der Waals surface area contributed by atoms with E-state index < -0.39 is 130 Å². The number of rotatable bonds is 16. The van der Waals surface area contributed by atoms with Gasteiger partial charge < -0.3 is 41.7 Å². The topological polar surface area (TPSA) is 243 Å². The number of aromatic carboxylic acids is 1. The van der Waals surface area contributed by atoms with Crippen LogP contribution in [0.15, 0.2) is 30.3 Å². The molecule has 0 spiro atoms. The number of ketones is 1. The molecule has 20 heteroatoms. The summed E-state index contributed by atoms with van der Waals surface area (Å²) in [4.78, 5) is 106. The van der Waals surface area contributed by atoms with Crippen LogP contribution in [0.4, 0.5) is 17.6 Å². The number of benzene rings is 2. The Morgan fingerprint density at radius 2 is 1.47 bits per heavy atom. The molecule has 2 fully saturated rings. The predicted octanol–water partition coefficient (Wildman–Crippen LogP) is 2.33. The van der Waals surface area contributed by atoms with Crippen molar-refractivity contribution in [2.24, 2.45) is 11.7 Å². The zero-order valence-corrected chi connectivity index (χ0v) is 33.4. The van der Waals surface area contributed by atoms with E-state index >= 15 is 4.39 Å². The molecule has 0 radical (unpaired) electrons. The normalized spacial score (nSPS) is 18.4. The molecule has 0 aromatic heterocycles. The summed E-state index contributed by atoms with van der Waals surface area (Å²) in [5, 5.41) is 18.7. The first-order valence-electron chi connectivity index (χ1n) is 19.3. The highest BCUT2D eigenvalue weighted by Gasteiger charge is 2.46. The number of hydrogen-bond acceptors (Lipinski definition) is 9. The lowest BCUT2D eigenvalue weighted by atomic mass is 9.83. The SMILES string of the molecule is CCC(NC(=O)[C@@H]1C[C@@H](OC(C)(C)C)CN1C(=O)[C@@H](NC(=O)c1c(F)c(F)c(F)c(F)c1C(=O)O)C1CCCCC1)C(=O)C(=O)NCC(=O)N[C@H](C(N)=O)c1ccccc1. The lowest BCUT2D eigenvalue weighted by Gasteiger charge is -2.35. The van der Waals surface area contributed by atoms with Crippen LogP contribution < -0.4 is 27.0 Å². The number of likely N-dealkylation sites (tertiary alicyclic amines) is 1. The number of nitrogens with one attached hydrogen (secondary N) is 4. The van der Waals surface area contributed by atoms with Gasteiger partial charge >= 0.3 is 5.97 Å². The van der Waals surface area contributed by atoms with E-state index in [-0.39, 0.29) is 19.4 Å². The molecule has 1 aliphatic heterocycles. The highest BCUT2D eigenvalue weighted by Crippen LogP contribution is 2.32. The number of hydrogen-bond donors (Lipinski definition) is 6. The van der Waals surface area contributed by atoms with Gasteiger partial charge in [0.15, 0.2) is 23.3 Å². The third kappa shape index (κ3) is 11.2. The maximum absolute atomic E-state index is 15.0. The number of carboxylic acid groups (broad SMARTS) is 1. The molecular weight excluding hydrogens is 800 g/mol. The van der Waals surface area contributed by atoms with E-state index in [0.717, 1.165) is 11.3 Å². The third-order valence-electron chi connectivity index (χ3n) is 10.1. The number of nitrogens with zero attached hydrogens (tertiary/aromatic N) is 1. The van der Waals surface area contributed by atoms with Gasteiger partial charge in [-0.2, -0.15) is 0 Å². The standard InChI is InChI=1S/C40H48F4N6O10/c1-5-22(33(52)37(56)46-17-24(51)48-31(34(45)53)19-12-8-6-9-13-19)47-35(54)23-16-21(60-40(2,3)4)18-50(23)38(57)32(20-14-10-7-11-15-20)49-36(55)25-26(39(58)59)28(42)30(44)29(43)27(25)41/h6,8-9,12-13,20-23,31-32H,5,7,10-11,14-18H2,1-4H3,(H2,45,53)(H,46,56)(H,47,54)(H,48,51)(H,49,55)(H,58,59)/t21-,22?,23+,31+,32+/m1/s1. The molecule has 1 unspecified atom stereocenters. The smallest absolute Gasteiger partial charge is 0.339 e. The number of ether oxygens (including phenoxy) is 1. The molecule has 1 saturated heterocycles. The van der Waals surface area contributed by atoms with Gasteiger partial charge in [-0.25, -0.2) is 22.4 Å². The molecule has 2 aromatic carbocycles. The number of carboxylic acids is 1. The fraction of sp³-hybridized carbons (Fsp3) is 0.500. The fourth-order valence-electron chi connectivity index (χ4n) is 7.36. The van der Waals surface area contributed by atoms with Gasteiger partial charge in [-0.3, -0.25) is 33.6 Å². The van der Waals surface area contributed by atoms with Crippen LogP contribution in [-0.2, 0) is 33.5 Å². The average molecular weight is 849 g/mol. The van der Waals surface area contributed by atoms with E-state index in [1.54, 1.807) is 51.1 Å². The summed E-state index contributed by atoms with van der Waals surface area (Å²) in [6.07, 6.45) is 1.45. The van der Waals surface area contributed by atoms with Gasteiger partial charge in [0.2, 0.25) is 29.4 Å². The minimum absolute atomic E-state index is 0.131. The van der Waals surface area contributed by atoms with Crippen molar-refractivity contribution in [1.82, 2.24) is 26.2 Å². The van der Waals surface area contributed by atoms with Crippen LogP contribution in [0.2, 0.25) is 0 Å². The average Bonchev–Trinajstić information content (AvgIpc) is 3.62. The molecule has 6 amide bonds. The van der Waals surface area contributed by atoms with Gasteiger partial charge in [-0.15, -0.1) is 0 Å². The molecule has 2 aromatic rings. The summed E-state index contributed by atoms with van der Waals surface area (Å²) < 4.78 is 64.1. The highest BCUT2D eigenvalue weighted by molar-refractivity contribution is 6.38. The molecule has 60 heavy (non-hydrogen) atoms. The lowest BCUT2D eigenvalue weighted by molar-refractivity contribution is -0.143. The van der Waals surface area contributed by atoms with Crippen LogP contribution in [0.5, 0.6) is 0 Å². The first-order valence-corrected chi connectivity index (χ1v) is 19.3. The maximum atomic E-state index is 15.0. The minimum atomic E-state index is -2.46. The number of amides is 6. The van der Waals surface area contributed by atoms with Crippen molar-refractivity contribution in [1.29, 1.82) is 0 Å². The van der Waals surface area contributed by atoms with Crippen LogP contribution >= 0.6 is 0 Å². The molecule has 0 bridgehead atoms. The van der Waals surface area contributed by atoms with Gasteiger partial charge in [0, 0.05) is 13.0 Å². The Balaban J connectivity index is 1.56. The van der Waals surface area contributed by atoms with Gasteiger partial charge in [0.1, 0.15) is 23.7 Å². The maximum Gasteiger partial charge on any atom is 0.339 e. The molecule has 4 rings (SSSR count). The first-order chi connectivity index (χ1) is 28.2. The molecule has 1 aliphatic carbocycles. The van der Waals surface area contributed by atoms with Crippen LogP contribution in [0.25, 0.3) is 0 Å². The number of carbonyl (C=O) groups is 8. The third-order valence-corrected chi connectivity index (χ3v) is 10.1. The molecule has 1 heterocycles. The summed E-state index contributed by atoms with van der Waals surface area (Å²) in [5.74, 6) is -20.2. The molecule has 7 N–H and O–H groups in total. The summed E-state index contributed by atoms with van der Waals surface area (Å²) in [7, 11) is 0. The van der Waals surface area contributed by atoms with Crippen molar-refractivity contribution in [3.8, 4) is 0 Å². The van der Waals surface area contributed by atoms with Crippen LogP contribution in [0.3, 0.4) is 0 Å². The second-order valence-electron chi connectivity index (χ2n) is 15.6. The van der Waals surface area contributed by atoms with E-state index in [2.05, 4.69) is 21.3 Å². The predicted molar refractivity (Wildman–Crippen MR) is 203 cm³/mol. The van der Waals surface area contributed by atoms with E-state index in [1.807, 2.05) is 0 Å². The van der Waals surface area contributed by atoms with Crippen LogP contribution in [0.1, 0.15) is 105 Å². The molecule has 1 saturated carbocycles. The summed E-state index contributed by atoms with van der Waals surface area (Å²) in [5.41, 5.74) is 1.52. The summed E-state index contributed by atoms with van der Waals surface area (Å²) >= 11 is 0. The Morgan fingerprint density at radius 3 is 2.02 bits per heavy atom. The van der Waals surface area contributed by atoms with Crippen LogP contribution in [-0.4, -0.2) is 100 Å². The van der Waals surface area contributed by atoms with Crippen molar-refractivity contribution in [2.45, 2.75) is 109 Å². The molecule has 5 atom stereocenters. The molecule has 2 aliphatic rings. The molecule has 326 valence electrons. The summed E-state index contributed by atoms with van der Waals surface area (Å²) in [6, 6.07) is 2.28. The number of Topliss-reactive ketones (excluding diaryl/α,β-unsaturated/α-hetero) is 1. The fourth-order valence-corrected chi connectivity index (χ4v) is 7.36. The molecular formula is C40H48F4N6O10. The Labute approximate surface area is 342 Å². The van der Waals surface area contributed by atoms with Gasteiger partial charge in [-0.05, 0) is 51.5 Å². The second-order valence-corrected chi connectivity index (χ2v) is 15.6. The number of primary amides is 1. The van der Waals surface area contributed by atoms with E-state index in [0.29, 0.717) is 31.2 Å². The summed E-state index contributed by atoms with van der Waals surface area (Å²) in [6.45, 7) is 5.63. The van der Waals surface area contributed by atoms with Gasteiger partial charge in [0.05, 0.1) is 29.9 Å². The second kappa shape index (κ2) is 19.9.